The van der Waals surface area contributed by atoms with E-state index in [-0.39, 0.29) is 0 Å². The molecule has 86 valence electrons. The summed E-state index contributed by atoms with van der Waals surface area (Å²) in [4.78, 5) is 11.2. The number of nitrogens with one attached hydrogen (secondary N) is 1. The lowest BCUT2D eigenvalue weighted by atomic mass is 9.99. The highest BCUT2D eigenvalue weighted by molar-refractivity contribution is 5.32. The molecule has 0 bridgehead atoms. The monoisotopic (exact) mass is 220 g/mol. The molecule has 2 aliphatic rings. The smallest absolute Gasteiger partial charge is 0.225 e. The zero-order valence-corrected chi connectivity index (χ0v) is 9.22. The third kappa shape index (κ3) is 1.88. The fourth-order valence-electron chi connectivity index (χ4n) is 2.00. The first kappa shape index (κ1) is 9.99. The van der Waals surface area contributed by atoms with Crippen LogP contribution in [-0.4, -0.2) is 49.4 Å². The van der Waals surface area contributed by atoms with E-state index in [0.717, 1.165) is 51.0 Å². The van der Waals surface area contributed by atoms with Crippen LogP contribution < -0.4 is 10.2 Å². The van der Waals surface area contributed by atoms with Crippen molar-refractivity contribution in [2.75, 3.05) is 44.3 Å². The molecule has 5 nitrogen and oxygen atoms in total. The second kappa shape index (κ2) is 4.35. The van der Waals surface area contributed by atoms with Crippen LogP contribution in [0.2, 0.25) is 0 Å². The molecule has 5 heteroatoms. The lowest BCUT2D eigenvalue weighted by Gasteiger charge is -2.29. The number of nitrogens with zero attached hydrogens (tertiary/aromatic N) is 3. The topological polar surface area (TPSA) is 50.3 Å². The van der Waals surface area contributed by atoms with E-state index in [1.807, 2.05) is 12.3 Å². The first-order valence-corrected chi connectivity index (χ1v) is 5.80. The van der Waals surface area contributed by atoms with Gasteiger partial charge in [-0.1, -0.05) is 0 Å². The van der Waals surface area contributed by atoms with Gasteiger partial charge in [0.25, 0.3) is 0 Å². The summed E-state index contributed by atoms with van der Waals surface area (Å²) in [5, 5.41) is 3.26. The molecule has 1 aromatic rings. The number of aromatic nitrogens is 2. The summed E-state index contributed by atoms with van der Waals surface area (Å²) in [5.74, 6) is 1.43. The standard InChI is InChI=1S/C11H16N4O/c1-2-13-11(15-3-5-16-6-4-15)14-10(1)9-7-12-8-9/h1-2,9,12H,3-8H2. The van der Waals surface area contributed by atoms with Crippen LogP contribution in [-0.2, 0) is 4.74 Å². The number of morpholine rings is 1. The molecule has 3 heterocycles. The van der Waals surface area contributed by atoms with E-state index in [4.69, 9.17) is 4.74 Å². The van der Waals surface area contributed by atoms with Gasteiger partial charge in [-0.05, 0) is 6.07 Å². The Morgan fingerprint density at radius 2 is 2.12 bits per heavy atom. The Hall–Kier alpha value is -1.20. The normalized spacial score (nSPS) is 21.9. The van der Waals surface area contributed by atoms with Gasteiger partial charge in [0.05, 0.1) is 18.9 Å². The molecule has 3 rings (SSSR count). The van der Waals surface area contributed by atoms with Crippen molar-refractivity contribution in [2.24, 2.45) is 0 Å². The average molecular weight is 220 g/mol. The molecular weight excluding hydrogens is 204 g/mol. The van der Waals surface area contributed by atoms with E-state index >= 15 is 0 Å². The van der Waals surface area contributed by atoms with Gasteiger partial charge in [-0.2, -0.15) is 0 Å². The molecule has 2 saturated heterocycles. The maximum absolute atomic E-state index is 5.32. The van der Waals surface area contributed by atoms with Gasteiger partial charge in [0.15, 0.2) is 0 Å². The maximum atomic E-state index is 5.32. The van der Waals surface area contributed by atoms with Crippen molar-refractivity contribution in [3.63, 3.8) is 0 Å². The zero-order chi connectivity index (χ0) is 10.8. The van der Waals surface area contributed by atoms with E-state index in [1.54, 1.807) is 0 Å². The Bertz CT molecular complexity index is 361. The van der Waals surface area contributed by atoms with Gasteiger partial charge in [-0.3, -0.25) is 0 Å². The molecule has 0 radical (unpaired) electrons. The van der Waals surface area contributed by atoms with Crippen LogP contribution in [0.5, 0.6) is 0 Å². The van der Waals surface area contributed by atoms with Crippen LogP contribution in [0.1, 0.15) is 11.6 Å². The molecule has 0 amide bonds. The minimum Gasteiger partial charge on any atom is -0.378 e. The lowest BCUT2D eigenvalue weighted by molar-refractivity contribution is 0.122. The highest BCUT2D eigenvalue weighted by Crippen LogP contribution is 2.19. The molecule has 1 N–H and O–H groups in total. The van der Waals surface area contributed by atoms with Gasteiger partial charge in [-0.15, -0.1) is 0 Å². The fourth-order valence-corrected chi connectivity index (χ4v) is 2.00. The predicted octanol–water partition coefficient (Wildman–Crippen LogP) is -0.000000000000000222. The second-order valence-corrected chi connectivity index (χ2v) is 4.24. The highest BCUT2D eigenvalue weighted by atomic mass is 16.5. The SMILES string of the molecule is c1cc(C2CNC2)nc(N2CCOCC2)n1. The highest BCUT2D eigenvalue weighted by Gasteiger charge is 2.22. The molecule has 2 fully saturated rings. The Morgan fingerprint density at radius 1 is 1.31 bits per heavy atom. The summed E-state index contributed by atoms with van der Waals surface area (Å²) in [7, 11) is 0. The summed E-state index contributed by atoms with van der Waals surface area (Å²) in [5.41, 5.74) is 1.16. The van der Waals surface area contributed by atoms with Crippen LogP contribution in [0, 0.1) is 0 Å². The second-order valence-electron chi connectivity index (χ2n) is 4.24. The minimum atomic E-state index is 0.572. The first-order valence-electron chi connectivity index (χ1n) is 5.80. The molecule has 0 spiro atoms. The van der Waals surface area contributed by atoms with Gasteiger partial charge in [0, 0.05) is 38.3 Å². The van der Waals surface area contributed by atoms with E-state index in [9.17, 15) is 0 Å². The van der Waals surface area contributed by atoms with Crippen LogP contribution in [0.15, 0.2) is 12.3 Å². The summed E-state index contributed by atoms with van der Waals surface area (Å²) < 4.78 is 5.32. The van der Waals surface area contributed by atoms with Gasteiger partial charge >= 0.3 is 0 Å². The lowest BCUT2D eigenvalue weighted by Crippen LogP contribution is -2.41. The molecule has 0 aliphatic carbocycles. The molecule has 1 aromatic heterocycles. The van der Waals surface area contributed by atoms with E-state index in [2.05, 4.69) is 20.2 Å². The van der Waals surface area contributed by atoms with Crippen molar-refractivity contribution < 1.29 is 4.74 Å². The summed E-state index contributed by atoms with van der Waals surface area (Å²) in [6.45, 7) is 5.43. The van der Waals surface area contributed by atoms with Crippen LogP contribution in [0.4, 0.5) is 5.95 Å². The molecule has 0 unspecified atom stereocenters. The van der Waals surface area contributed by atoms with E-state index in [0.29, 0.717) is 5.92 Å². The Kier molecular flexibility index (Phi) is 2.71. The molecular formula is C11H16N4O. The number of ether oxygens (including phenoxy) is 1. The van der Waals surface area contributed by atoms with E-state index in [1.165, 1.54) is 0 Å². The van der Waals surface area contributed by atoms with Gasteiger partial charge in [0.2, 0.25) is 5.95 Å². The number of hydrogen-bond donors (Lipinski definition) is 1. The van der Waals surface area contributed by atoms with Gasteiger partial charge < -0.3 is 15.0 Å². The van der Waals surface area contributed by atoms with Gasteiger partial charge in [-0.25, -0.2) is 9.97 Å². The van der Waals surface area contributed by atoms with Crippen molar-refractivity contribution in [2.45, 2.75) is 5.92 Å². The Balaban J connectivity index is 1.77. The van der Waals surface area contributed by atoms with Crippen molar-refractivity contribution in [1.82, 2.24) is 15.3 Å². The van der Waals surface area contributed by atoms with Crippen molar-refractivity contribution in [1.29, 1.82) is 0 Å². The summed E-state index contributed by atoms with van der Waals surface area (Å²) in [6, 6.07) is 2.02. The predicted molar refractivity (Wildman–Crippen MR) is 60.7 cm³/mol. The molecule has 0 saturated carbocycles. The maximum Gasteiger partial charge on any atom is 0.225 e. The van der Waals surface area contributed by atoms with E-state index < -0.39 is 0 Å². The molecule has 2 aliphatic heterocycles. The third-order valence-corrected chi connectivity index (χ3v) is 3.16. The minimum absolute atomic E-state index is 0.572. The molecule has 16 heavy (non-hydrogen) atoms. The summed E-state index contributed by atoms with van der Waals surface area (Å²) in [6.07, 6.45) is 1.87. The average Bonchev–Trinajstić information content (AvgIpc) is 2.28. The Labute approximate surface area is 94.8 Å². The quantitative estimate of drug-likeness (QED) is 0.760. The van der Waals surface area contributed by atoms with Crippen molar-refractivity contribution >= 4 is 5.95 Å². The first-order chi connectivity index (χ1) is 7.93. The van der Waals surface area contributed by atoms with Crippen molar-refractivity contribution in [3.8, 4) is 0 Å². The van der Waals surface area contributed by atoms with Gasteiger partial charge in [0.1, 0.15) is 0 Å². The fraction of sp³-hybridized carbons (Fsp3) is 0.636. The van der Waals surface area contributed by atoms with Crippen molar-refractivity contribution in [3.05, 3.63) is 18.0 Å². The summed E-state index contributed by atoms with van der Waals surface area (Å²) >= 11 is 0. The third-order valence-electron chi connectivity index (χ3n) is 3.16. The van der Waals surface area contributed by atoms with Crippen LogP contribution >= 0.6 is 0 Å². The zero-order valence-electron chi connectivity index (χ0n) is 9.22. The molecule has 0 atom stereocenters. The Morgan fingerprint density at radius 3 is 2.81 bits per heavy atom. The largest absolute Gasteiger partial charge is 0.378 e. The molecule has 0 aromatic carbocycles. The van der Waals surface area contributed by atoms with Crippen LogP contribution in [0.3, 0.4) is 0 Å². The number of rotatable bonds is 2. The number of hydrogen-bond acceptors (Lipinski definition) is 5. The number of anilines is 1. The van der Waals surface area contributed by atoms with Crippen LogP contribution in [0.25, 0.3) is 0 Å².